The van der Waals surface area contributed by atoms with Crippen molar-refractivity contribution in [3.8, 4) is 5.75 Å². The molecule has 0 spiro atoms. The van der Waals surface area contributed by atoms with Gasteiger partial charge in [0.15, 0.2) is 0 Å². The SMILES string of the molecule is COc1ccc2cc(C(C=NC3CN4CCC3CC4)N=N)ccc2c1. The molecule has 5 heteroatoms. The third kappa shape index (κ3) is 3.29. The molecule has 5 nitrogen and oxygen atoms in total. The second-order valence-corrected chi connectivity index (χ2v) is 7.05. The van der Waals surface area contributed by atoms with E-state index in [9.17, 15) is 0 Å². The van der Waals surface area contributed by atoms with Gasteiger partial charge in [0.25, 0.3) is 0 Å². The van der Waals surface area contributed by atoms with Crippen LogP contribution in [0.4, 0.5) is 0 Å². The van der Waals surface area contributed by atoms with E-state index in [4.69, 9.17) is 15.3 Å². The van der Waals surface area contributed by atoms with Gasteiger partial charge in [0, 0.05) is 12.8 Å². The molecule has 2 unspecified atom stereocenters. The Kier molecular flexibility index (Phi) is 4.49. The van der Waals surface area contributed by atoms with Crippen molar-refractivity contribution in [1.29, 1.82) is 5.53 Å². The maximum absolute atomic E-state index is 7.59. The van der Waals surface area contributed by atoms with Gasteiger partial charge in [-0.05, 0) is 66.4 Å². The average Bonchev–Trinajstić information content (AvgIpc) is 2.69. The number of hydrogen-bond donors (Lipinski definition) is 1. The van der Waals surface area contributed by atoms with Gasteiger partial charge in [-0.3, -0.25) is 4.99 Å². The van der Waals surface area contributed by atoms with Gasteiger partial charge in [0.2, 0.25) is 0 Å². The van der Waals surface area contributed by atoms with Crippen molar-refractivity contribution < 1.29 is 4.74 Å². The zero-order valence-electron chi connectivity index (χ0n) is 14.6. The van der Waals surface area contributed by atoms with Gasteiger partial charge in [-0.1, -0.05) is 18.2 Å². The molecular weight excluding hydrogens is 312 g/mol. The summed E-state index contributed by atoms with van der Waals surface area (Å²) in [5.41, 5.74) is 8.61. The van der Waals surface area contributed by atoms with Crippen LogP contribution in [-0.4, -0.2) is 43.9 Å². The van der Waals surface area contributed by atoms with Gasteiger partial charge in [-0.15, -0.1) is 0 Å². The van der Waals surface area contributed by atoms with Crippen LogP contribution in [0.15, 0.2) is 46.5 Å². The summed E-state index contributed by atoms with van der Waals surface area (Å²) >= 11 is 0. The zero-order valence-corrected chi connectivity index (χ0v) is 14.6. The fraction of sp³-hybridized carbons (Fsp3) is 0.450. The van der Waals surface area contributed by atoms with E-state index in [-0.39, 0.29) is 6.04 Å². The van der Waals surface area contributed by atoms with Gasteiger partial charge >= 0.3 is 0 Å². The minimum atomic E-state index is -0.304. The highest BCUT2D eigenvalue weighted by atomic mass is 16.5. The largest absolute Gasteiger partial charge is 0.497 e. The molecule has 2 bridgehead atoms. The summed E-state index contributed by atoms with van der Waals surface area (Å²) in [5, 5.41) is 6.06. The molecule has 3 heterocycles. The number of methoxy groups -OCH3 is 1. The van der Waals surface area contributed by atoms with E-state index < -0.39 is 0 Å². The first-order valence-corrected chi connectivity index (χ1v) is 8.97. The fourth-order valence-corrected chi connectivity index (χ4v) is 4.04. The summed E-state index contributed by atoms with van der Waals surface area (Å²) < 4.78 is 5.28. The van der Waals surface area contributed by atoms with Crippen LogP contribution in [0.5, 0.6) is 5.75 Å². The lowest BCUT2D eigenvalue weighted by Gasteiger charge is -2.43. The Morgan fingerprint density at radius 1 is 1.16 bits per heavy atom. The van der Waals surface area contributed by atoms with E-state index in [2.05, 4.69) is 22.1 Å². The molecule has 0 aliphatic carbocycles. The molecule has 3 aliphatic heterocycles. The van der Waals surface area contributed by atoms with Gasteiger partial charge in [-0.2, -0.15) is 5.11 Å². The first-order valence-electron chi connectivity index (χ1n) is 8.97. The maximum atomic E-state index is 7.59. The van der Waals surface area contributed by atoms with Crippen molar-refractivity contribution in [3.63, 3.8) is 0 Å². The number of nitrogens with zero attached hydrogens (tertiary/aromatic N) is 3. The summed E-state index contributed by atoms with van der Waals surface area (Å²) in [7, 11) is 1.68. The number of rotatable bonds is 5. The molecule has 0 aromatic heterocycles. The van der Waals surface area contributed by atoms with E-state index >= 15 is 0 Å². The number of benzene rings is 2. The molecule has 0 amide bonds. The van der Waals surface area contributed by atoms with Crippen LogP contribution in [0.25, 0.3) is 10.8 Å². The lowest BCUT2D eigenvalue weighted by molar-refractivity contribution is 0.0907. The Hall–Kier alpha value is -2.27. The Morgan fingerprint density at radius 3 is 2.60 bits per heavy atom. The molecule has 2 aromatic carbocycles. The highest BCUT2D eigenvalue weighted by molar-refractivity contribution is 5.85. The predicted molar refractivity (Wildman–Crippen MR) is 99.8 cm³/mol. The highest BCUT2D eigenvalue weighted by Gasteiger charge is 2.33. The lowest BCUT2D eigenvalue weighted by atomic mass is 9.84. The summed E-state index contributed by atoms with van der Waals surface area (Å²) in [6.45, 7) is 3.50. The second kappa shape index (κ2) is 6.92. The normalized spacial score (nSPS) is 26.8. The van der Waals surface area contributed by atoms with Crippen LogP contribution in [-0.2, 0) is 0 Å². The van der Waals surface area contributed by atoms with Crippen LogP contribution < -0.4 is 4.74 Å². The Balaban J connectivity index is 1.55. The Bertz CT molecular complexity index is 795. The van der Waals surface area contributed by atoms with E-state index in [1.54, 1.807) is 7.11 Å². The van der Waals surface area contributed by atoms with Crippen molar-refractivity contribution in [2.24, 2.45) is 16.0 Å². The summed E-state index contributed by atoms with van der Waals surface area (Å²) in [5.74, 6) is 1.56. The topological polar surface area (TPSA) is 61.0 Å². The van der Waals surface area contributed by atoms with Crippen LogP contribution in [0, 0.1) is 11.4 Å². The van der Waals surface area contributed by atoms with Gasteiger partial charge in [0.05, 0.1) is 13.2 Å². The number of hydrogen-bond acceptors (Lipinski definition) is 5. The molecule has 2 aromatic rings. The van der Waals surface area contributed by atoms with Crippen molar-refractivity contribution in [3.05, 3.63) is 42.0 Å². The summed E-state index contributed by atoms with van der Waals surface area (Å²) in [6, 6.07) is 12.3. The van der Waals surface area contributed by atoms with Gasteiger partial charge < -0.3 is 9.64 Å². The van der Waals surface area contributed by atoms with E-state index in [0.717, 1.165) is 28.6 Å². The quantitative estimate of drug-likeness (QED) is 0.660. The minimum absolute atomic E-state index is 0.304. The smallest absolute Gasteiger partial charge is 0.130 e. The monoisotopic (exact) mass is 336 g/mol. The van der Waals surface area contributed by atoms with Crippen molar-refractivity contribution in [1.82, 2.24) is 4.90 Å². The molecule has 3 aliphatic rings. The third-order valence-electron chi connectivity index (χ3n) is 5.59. The molecule has 5 rings (SSSR count). The van der Waals surface area contributed by atoms with Crippen molar-refractivity contribution in [2.45, 2.75) is 24.9 Å². The van der Waals surface area contributed by atoms with E-state index in [0.29, 0.717) is 12.0 Å². The first-order chi connectivity index (χ1) is 12.3. The number of ether oxygens (including phenoxy) is 1. The van der Waals surface area contributed by atoms with E-state index in [1.165, 1.54) is 25.9 Å². The molecule has 1 N–H and O–H groups in total. The summed E-state index contributed by atoms with van der Waals surface area (Å²) in [6.07, 6.45) is 4.38. The average molecular weight is 336 g/mol. The summed E-state index contributed by atoms with van der Waals surface area (Å²) in [4.78, 5) is 7.32. The molecule has 130 valence electrons. The number of nitrogens with one attached hydrogen (secondary N) is 1. The molecule has 2 atom stereocenters. The molecule has 0 radical (unpaired) electrons. The molecule has 3 saturated heterocycles. The number of piperidine rings is 3. The Morgan fingerprint density at radius 2 is 1.92 bits per heavy atom. The van der Waals surface area contributed by atoms with Crippen LogP contribution >= 0.6 is 0 Å². The predicted octanol–water partition coefficient (Wildman–Crippen LogP) is 4.09. The van der Waals surface area contributed by atoms with Crippen molar-refractivity contribution >= 4 is 17.0 Å². The lowest BCUT2D eigenvalue weighted by Crippen LogP contribution is -2.49. The maximum Gasteiger partial charge on any atom is 0.130 e. The van der Waals surface area contributed by atoms with Crippen LogP contribution in [0.2, 0.25) is 0 Å². The number of aliphatic imine (C=N–C) groups is 1. The molecule has 25 heavy (non-hydrogen) atoms. The molecular formula is C20H24N4O. The molecule has 0 saturated carbocycles. The fourth-order valence-electron chi connectivity index (χ4n) is 4.04. The zero-order chi connectivity index (χ0) is 17.2. The van der Waals surface area contributed by atoms with Crippen LogP contribution in [0.1, 0.15) is 24.4 Å². The van der Waals surface area contributed by atoms with Crippen molar-refractivity contribution in [2.75, 3.05) is 26.7 Å². The Labute approximate surface area is 148 Å². The third-order valence-corrected chi connectivity index (χ3v) is 5.59. The first kappa shape index (κ1) is 16.2. The second-order valence-electron chi connectivity index (χ2n) is 7.05. The highest BCUT2D eigenvalue weighted by Crippen LogP contribution is 2.30. The number of fused-ring (bicyclic) bond motifs is 4. The standard InChI is InChI=1S/C20H24N4O/c1-25-18-5-4-15-10-17(3-2-16(15)11-18)19(23-21)12-22-20-13-24-8-6-14(20)7-9-24/h2-5,10-12,14,19-21H,6-9,13H2,1H3. The minimum Gasteiger partial charge on any atom is -0.497 e. The van der Waals surface area contributed by atoms with Gasteiger partial charge in [0.1, 0.15) is 11.8 Å². The van der Waals surface area contributed by atoms with Crippen LogP contribution in [0.3, 0.4) is 0 Å². The van der Waals surface area contributed by atoms with Gasteiger partial charge in [-0.25, -0.2) is 5.53 Å². The van der Waals surface area contributed by atoms with E-state index in [1.807, 2.05) is 30.5 Å². The molecule has 3 fully saturated rings.